The first-order valence-electron chi connectivity index (χ1n) is 8.67. The van der Waals surface area contributed by atoms with E-state index in [2.05, 4.69) is 10.3 Å². The number of ether oxygens (including phenoxy) is 1. The largest absolute Gasteiger partial charge is 0.497 e. The molecule has 0 unspecified atom stereocenters. The second-order valence-corrected chi connectivity index (χ2v) is 6.51. The second-order valence-electron chi connectivity index (χ2n) is 6.51. The van der Waals surface area contributed by atoms with Gasteiger partial charge in [-0.1, -0.05) is 12.1 Å². The maximum Gasteiger partial charge on any atom is 0.154 e. The summed E-state index contributed by atoms with van der Waals surface area (Å²) in [7, 11) is 1.66. The normalized spacial score (nSPS) is 20.6. The van der Waals surface area contributed by atoms with Crippen LogP contribution in [0.5, 0.6) is 5.75 Å². The first-order valence-corrected chi connectivity index (χ1v) is 8.67. The molecular formula is C19H22N4O2. The van der Waals surface area contributed by atoms with Gasteiger partial charge in [0.05, 0.1) is 25.1 Å². The second kappa shape index (κ2) is 6.72. The lowest BCUT2D eigenvalue weighted by molar-refractivity contribution is 0.126. The van der Waals surface area contributed by atoms with Gasteiger partial charge in [0.25, 0.3) is 0 Å². The molecule has 0 aliphatic heterocycles. The zero-order chi connectivity index (χ0) is 17.2. The molecule has 25 heavy (non-hydrogen) atoms. The monoisotopic (exact) mass is 338 g/mol. The standard InChI is InChI=1S/C19H22N4O2/c1-25-16-4-2-3-13(11-16)17-12-20-19-10-9-18(22-23(17)19)21-14-5-7-15(24)8-6-14/h2-4,9-12,14-15,24H,5-8H2,1H3,(H,21,22)/t14-,15-. The van der Waals surface area contributed by atoms with Crippen LogP contribution in [0.15, 0.2) is 42.6 Å². The molecule has 3 aromatic rings. The first kappa shape index (κ1) is 15.9. The van der Waals surface area contributed by atoms with Crippen LogP contribution in [0.4, 0.5) is 5.82 Å². The molecule has 1 saturated carbocycles. The summed E-state index contributed by atoms with van der Waals surface area (Å²) in [6.45, 7) is 0. The van der Waals surface area contributed by atoms with E-state index < -0.39 is 0 Å². The number of aliphatic hydroxyl groups is 1. The highest BCUT2D eigenvalue weighted by Crippen LogP contribution is 2.25. The SMILES string of the molecule is COc1cccc(-c2cnc3ccc(N[C@H]4CC[C@H](O)CC4)nn23)c1. The Morgan fingerprint density at radius 3 is 2.80 bits per heavy atom. The highest BCUT2D eigenvalue weighted by atomic mass is 16.5. The Kier molecular flexibility index (Phi) is 4.28. The van der Waals surface area contributed by atoms with Crippen LogP contribution in [0, 0.1) is 0 Å². The number of nitrogens with one attached hydrogen (secondary N) is 1. The van der Waals surface area contributed by atoms with E-state index in [-0.39, 0.29) is 6.10 Å². The van der Waals surface area contributed by atoms with Gasteiger partial charge in [-0.25, -0.2) is 9.50 Å². The van der Waals surface area contributed by atoms with E-state index in [9.17, 15) is 5.11 Å². The van der Waals surface area contributed by atoms with E-state index in [0.717, 1.165) is 54.2 Å². The molecule has 1 aromatic carbocycles. The average Bonchev–Trinajstić information content (AvgIpc) is 3.07. The summed E-state index contributed by atoms with van der Waals surface area (Å²) >= 11 is 0. The van der Waals surface area contributed by atoms with Gasteiger partial charge in [0.15, 0.2) is 5.65 Å². The molecule has 2 heterocycles. The van der Waals surface area contributed by atoms with E-state index in [1.807, 2.05) is 47.1 Å². The molecule has 0 radical (unpaired) electrons. The van der Waals surface area contributed by atoms with Gasteiger partial charge in [0.1, 0.15) is 11.6 Å². The molecule has 1 aliphatic rings. The van der Waals surface area contributed by atoms with Crippen molar-refractivity contribution in [2.75, 3.05) is 12.4 Å². The lowest BCUT2D eigenvalue weighted by atomic mass is 9.93. The molecule has 0 amide bonds. The number of hydrogen-bond donors (Lipinski definition) is 2. The van der Waals surface area contributed by atoms with Gasteiger partial charge >= 0.3 is 0 Å². The zero-order valence-corrected chi connectivity index (χ0v) is 14.2. The van der Waals surface area contributed by atoms with Crippen molar-refractivity contribution in [3.8, 4) is 17.0 Å². The van der Waals surface area contributed by atoms with E-state index in [1.165, 1.54) is 0 Å². The molecule has 0 saturated heterocycles. The number of benzene rings is 1. The maximum atomic E-state index is 9.65. The van der Waals surface area contributed by atoms with Crippen molar-refractivity contribution >= 4 is 11.5 Å². The Morgan fingerprint density at radius 2 is 2.00 bits per heavy atom. The van der Waals surface area contributed by atoms with Crippen molar-refractivity contribution in [3.05, 3.63) is 42.6 Å². The van der Waals surface area contributed by atoms with Crippen molar-refractivity contribution in [1.82, 2.24) is 14.6 Å². The summed E-state index contributed by atoms with van der Waals surface area (Å²) < 4.78 is 7.17. The van der Waals surface area contributed by atoms with Crippen LogP contribution >= 0.6 is 0 Å². The number of anilines is 1. The Balaban J connectivity index is 1.63. The highest BCUT2D eigenvalue weighted by Gasteiger charge is 2.19. The minimum absolute atomic E-state index is 0.151. The Hall–Kier alpha value is -2.60. The third-order valence-corrected chi connectivity index (χ3v) is 4.78. The summed E-state index contributed by atoms with van der Waals surface area (Å²) in [5.41, 5.74) is 2.75. The van der Waals surface area contributed by atoms with E-state index in [0.29, 0.717) is 6.04 Å². The predicted molar refractivity (Wildman–Crippen MR) is 96.9 cm³/mol. The molecule has 4 rings (SSSR count). The lowest BCUT2D eigenvalue weighted by Crippen LogP contribution is -2.28. The van der Waals surface area contributed by atoms with E-state index >= 15 is 0 Å². The number of aliphatic hydroxyl groups excluding tert-OH is 1. The summed E-state index contributed by atoms with van der Waals surface area (Å²) in [6, 6.07) is 12.2. The van der Waals surface area contributed by atoms with Gasteiger partial charge in [-0.05, 0) is 49.9 Å². The Morgan fingerprint density at radius 1 is 1.16 bits per heavy atom. The highest BCUT2D eigenvalue weighted by molar-refractivity contribution is 5.65. The molecule has 0 atom stereocenters. The summed E-state index contributed by atoms with van der Waals surface area (Å²) in [5, 5.41) is 17.9. The van der Waals surface area contributed by atoms with Crippen LogP contribution in [0.25, 0.3) is 16.9 Å². The predicted octanol–water partition coefficient (Wildman–Crippen LogP) is 3.12. The van der Waals surface area contributed by atoms with Gasteiger partial charge in [0, 0.05) is 11.6 Å². The van der Waals surface area contributed by atoms with Crippen molar-refractivity contribution in [2.24, 2.45) is 0 Å². The van der Waals surface area contributed by atoms with Gasteiger partial charge in [-0.3, -0.25) is 0 Å². The van der Waals surface area contributed by atoms with Crippen LogP contribution in [-0.4, -0.2) is 39.0 Å². The smallest absolute Gasteiger partial charge is 0.154 e. The van der Waals surface area contributed by atoms with Crippen LogP contribution in [-0.2, 0) is 0 Å². The van der Waals surface area contributed by atoms with Crippen molar-refractivity contribution in [3.63, 3.8) is 0 Å². The van der Waals surface area contributed by atoms with Crippen molar-refractivity contribution < 1.29 is 9.84 Å². The fourth-order valence-corrected chi connectivity index (χ4v) is 3.36. The van der Waals surface area contributed by atoms with Crippen molar-refractivity contribution in [2.45, 2.75) is 37.8 Å². The van der Waals surface area contributed by atoms with Crippen LogP contribution in [0.1, 0.15) is 25.7 Å². The van der Waals surface area contributed by atoms with Crippen molar-refractivity contribution in [1.29, 1.82) is 0 Å². The van der Waals surface area contributed by atoms with Crippen LogP contribution < -0.4 is 10.1 Å². The van der Waals surface area contributed by atoms with Crippen LogP contribution in [0.2, 0.25) is 0 Å². The van der Waals surface area contributed by atoms with Gasteiger partial charge < -0.3 is 15.2 Å². The molecule has 1 fully saturated rings. The Labute approximate surface area is 146 Å². The average molecular weight is 338 g/mol. The summed E-state index contributed by atoms with van der Waals surface area (Å²) in [6.07, 6.45) is 5.31. The summed E-state index contributed by atoms with van der Waals surface area (Å²) in [4.78, 5) is 4.45. The molecule has 2 aromatic heterocycles. The van der Waals surface area contributed by atoms with E-state index in [4.69, 9.17) is 9.84 Å². The third kappa shape index (κ3) is 3.30. The van der Waals surface area contributed by atoms with Crippen LogP contribution in [0.3, 0.4) is 0 Å². The first-order chi connectivity index (χ1) is 12.2. The number of fused-ring (bicyclic) bond motifs is 1. The van der Waals surface area contributed by atoms with Gasteiger partial charge in [-0.2, -0.15) is 0 Å². The fraction of sp³-hybridized carbons (Fsp3) is 0.368. The molecule has 1 aliphatic carbocycles. The van der Waals surface area contributed by atoms with Gasteiger partial charge in [-0.15, -0.1) is 5.10 Å². The van der Waals surface area contributed by atoms with E-state index in [1.54, 1.807) is 7.11 Å². The number of nitrogens with zero attached hydrogens (tertiary/aromatic N) is 3. The number of methoxy groups -OCH3 is 1. The molecule has 0 bridgehead atoms. The molecule has 0 spiro atoms. The number of imidazole rings is 1. The minimum Gasteiger partial charge on any atom is -0.497 e. The van der Waals surface area contributed by atoms with Gasteiger partial charge in [0.2, 0.25) is 0 Å². The molecule has 2 N–H and O–H groups in total. The number of aromatic nitrogens is 3. The zero-order valence-electron chi connectivity index (χ0n) is 14.2. The number of hydrogen-bond acceptors (Lipinski definition) is 5. The number of rotatable bonds is 4. The minimum atomic E-state index is -0.151. The molecular weight excluding hydrogens is 316 g/mol. The third-order valence-electron chi connectivity index (χ3n) is 4.78. The quantitative estimate of drug-likeness (QED) is 0.765. The molecule has 6 heteroatoms. The lowest BCUT2D eigenvalue weighted by Gasteiger charge is -2.26. The maximum absolute atomic E-state index is 9.65. The summed E-state index contributed by atoms with van der Waals surface area (Å²) in [5.74, 6) is 1.64. The topological polar surface area (TPSA) is 71.7 Å². The fourth-order valence-electron chi connectivity index (χ4n) is 3.36. The molecule has 6 nitrogen and oxygen atoms in total. The molecule has 130 valence electrons. The Bertz CT molecular complexity index is 869.